The van der Waals surface area contributed by atoms with E-state index in [4.69, 9.17) is 4.74 Å². The van der Waals surface area contributed by atoms with Crippen molar-refractivity contribution in [2.75, 3.05) is 18.4 Å². The van der Waals surface area contributed by atoms with E-state index in [0.717, 1.165) is 31.7 Å². The smallest absolute Gasteiger partial charge is 0.239 e. The lowest BCUT2D eigenvalue weighted by Crippen LogP contribution is -2.49. The Kier molecular flexibility index (Phi) is 6.09. The number of hydrogen-bond acceptors (Lipinski definition) is 3. The van der Waals surface area contributed by atoms with Gasteiger partial charge in [0.05, 0.1) is 6.10 Å². The van der Waals surface area contributed by atoms with E-state index in [-0.39, 0.29) is 17.9 Å². The Balaban J connectivity index is 1.99. The zero-order valence-corrected chi connectivity index (χ0v) is 16.0. The fraction of sp³-hybridized carbons (Fsp3) is 0.600. The molecule has 1 heterocycles. The number of rotatable bonds is 5. The van der Waals surface area contributed by atoms with Crippen LogP contribution in [0.2, 0.25) is 0 Å². The summed E-state index contributed by atoms with van der Waals surface area (Å²) in [4.78, 5) is 27.3. The summed E-state index contributed by atoms with van der Waals surface area (Å²) in [5.41, 5.74) is -0.428. The number of carbonyl (C=O) groups excluding carboxylic acids is 2. The van der Waals surface area contributed by atoms with Crippen molar-refractivity contribution in [1.29, 1.82) is 0 Å². The third-order valence-corrected chi connectivity index (χ3v) is 4.66. The SMILES string of the molecule is CC1CCN(C(=O)C(C)(C)C(=O)Nc2ccc(OC(C)C)cc2)CC1. The van der Waals surface area contributed by atoms with Crippen LogP contribution in [0.5, 0.6) is 5.75 Å². The highest BCUT2D eigenvalue weighted by molar-refractivity contribution is 6.09. The number of ether oxygens (including phenoxy) is 1. The highest BCUT2D eigenvalue weighted by Gasteiger charge is 2.39. The van der Waals surface area contributed by atoms with Gasteiger partial charge in [-0.15, -0.1) is 0 Å². The number of likely N-dealkylation sites (tertiary alicyclic amines) is 1. The van der Waals surface area contributed by atoms with Crippen molar-refractivity contribution in [2.45, 2.75) is 53.6 Å². The lowest BCUT2D eigenvalue weighted by Gasteiger charge is -2.35. The number of hydrogen-bond donors (Lipinski definition) is 1. The number of nitrogens with zero attached hydrogens (tertiary/aromatic N) is 1. The fourth-order valence-electron chi connectivity index (χ4n) is 2.88. The van der Waals surface area contributed by atoms with E-state index in [1.165, 1.54) is 0 Å². The number of amides is 2. The molecule has 2 rings (SSSR count). The molecule has 0 atom stereocenters. The van der Waals surface area contributed by atoms with Gasteiger partial charge in [-0.1, -0.05) is 6.92 Å². The van der Waals surface area contributed by atoms with E-state index >= 15 is 0 Å². The molecule has 0 spiro atoms. The van der Waals surface area contributed by atoms with Crippen molar-refractivity contribution in [1.82, 2.24) is 4.90 Å². The van der Waals surface area contributed by atoms with Gasteiger partial charge in [-0.2, -0.15) is 0 Å². The van der Waals surface area contributed by atoms with E-state index in [2.05, 4.69) is 12.2 Å². The first-order chi connectivity index (χ1) is 11.7. The van der Waals surface area contributed by atoms with Gasteiger partial charge in [0, 0.05) is 18.8 Å². The molecule has 1 N–H and O–H groups in total. The predicted octanol–water partition coefficient (Wildman–Crippen LogP) is 3.70. The molecule has 138 valence electrons. The maximum atomic E-state index is 12.8. The van der Waals surface area contributed by atoms with Crippen LogP contribution in [0.4, 0.5) is 5.69 Å². The number of carbonyl (C=O) groups is 2. The molecule has 1 aromatic rings. The van der Waals surface area contributed by atoms with Crippen LogP contribution >= 0.6 is 0 Å². The molecule has 2 amide bonds. The largest absolute Gasteiger partial charge is 0.491 e. The summed E-state index contributed by atoms with van der Waals surface area (Å²) < 4.78 is 5.59. The first-order valence-corrected chi connectivity index (χ1v) is 9.07. The van der Waals surface area contributed by atoms with Crippen LogP contribution in [-0.4, -0.2) is 35.9 Å². The maximum Gasteiger partial charge on any atom is 0.239 e. The molecule has 1 aliphatic heterocycles. The normalized spacial score (nSPS) is 16.0. The maximum absolute atomic E-state index is 12.8. The highest BCUT2D eigenvalue weighted by atomic mass is 16.5. The summed E-state index contributed by atoms with van der Waals surface area (Å²) >= 11 is 0. The standard InChI is InChI=1S/C20H30N2O3/c1-14(2)25-17-8-6-16(7-9-17)21-18(23)20(4,5)19(24)22-12-10-15(3)11-13-22/h6-9,14-15H,10-13H2,1-5H3,(H,21,23). The number of benzene rings is 1. The topological polar surface area (TPSA) is 58.6 Å². The Morgan fingerprint density at radius 3 is 2.24 bits per heavy atom. The minimum Gasteiger partial charge on any atom is -0.491 e. The first kappa shape index (κ1) is 19.3. The number of piperidine rings is 1. The van der Waals surface area contributed by atoms with Gasteiger partial charge in [0.15, 0.2) is 0 Å². The van der Waals surface area contributed by atoms with Gasteiger partial charge < -0.3 is 15.0 Å². The van der Waals surface area contributed by atoms with Gasteiger partial charge in [-0.25, -0.2) is 0 Å². The summed E-state index contributed by atoms with van der Waals surface area (Å²) in [7, 11) is 0. The van der Waals surface area contributed by atoms with Crippen molar-refractivity contribution < 1.29 is 14.3 Å². The van der Waals surface area contributed by atoms with Crippen LogP contribution < -0.4 is 10.1 Å². The summed E-state index contributed by atoms with van der Waals surface area (Å²) in [5, 5.41) is 2.85. The lowest BCUT2D eigenvalue weighted by molar-refractivity contribution is -0.147. The molecule has 0 radical (unpaired) electrons. The van der Waals surface area contributed by atoms with Gasteiger partial charge in [-0.05, 0) is 70.7 Å². The van der Waals surface area contributed by atoms with Crippen LogP contribution in [0.25, 0.3) is 0 Å². The average molecular weight is 346 g/mol. The number of nitrogens with one attached hydrogen (secondary N) is 1. The van der Waals surface area contributed by atoms with Crippen LogP contribution in [0, 0.1) is 11.3 Å². The van der Waals surface area contributed by atoms with E-state index in [9.17, 15) is 9.59 Å². The first-order valence-electron chi connectivity index (χ1n) is 9.07. The lowest BCUT2D eigenvalue weighted by atomic mass is 9.88. The van der Waals surface area contributed by atoms with Gasteiger partial charge in [-0.3, -0.25) is 9.59 Å². The van der Waals surface area contributed by atoms with Crippen LogP contribution in [0.3, 0.4) is 0 Å². The Hall–Kier alpha value is -2.04. The average Bonchev–Trinajstić information content (AvgIpc) is 2.56. The van der Waals surface area contributed by atoms with E-state index < -0.39 is 5.41 Å². The number of anilines is 1. The predicted molar refractivity (Wildman–Crippen MR) is 99.6 cm³/mol. The van der Waals surface area contributed by atoms with Gasteiger partial charge in [0.1, 0.15) is 11.2 Å². The van der Waals surface area contributed by atoms with E-state index in [0.29, 0.717) is 11.6 Å². The molecular formula is C20H30N2O3. The third kappa shape index (κ3) is 4.97. The molecule has 25 heavy (non-hydrogen) atoms. The molecule has 1 fully saturated rings. The monoisotopic (exact) mass is 346 g/mol. The third-order valence-electron chi connectivity index (χ3n) is 4.66. The van der Waals surface area contributed by atoms with Crippen molar-refractivity contribution >= 4 is 17.5 Å². The molecular weight excluding hydrogens is 316 g/mol. The molecule has 0 unspecified atom stereocenters. The zero-order chi connectivity index (χ0) is 18.6. The molecule has 1 aliphatic rings. The van der Waals surface area contributed by atoms with E-state index in [1.54, 1.807) is 26.0 Å². The molecule has 5 heteroatoms. The van der Waals surface area contributed by atoms with Crippen LogP contribution in [-0.2, 0) is 9.59 Å². The molecule has 0 bridgehead atoms. The molecule has 5 nitrogen and oxygen atoms in total. The molecule has 1 aromatic carbocycles. The Morgan fingerprint density at radius 1 is 1.16 bits per heavy atom. The minimum atomic E-state index is -1.09. The molecule has 1 saturated heterocycles. The Bertz CT molecular complexity index is 600. The molecule has 0 aromatic heterocycles. The van der Waals surface area contributed by atoms with Gasteiger partial charge in [0.25, 0.3) is 0 Å². The Morgan fingerprint density at radius 2 is 1.72 bits per heavy atom. The minimum absolute atomic E-state index is 0.100. The van der Waals surface area contributed by atoms with Crippen molar-refractivity contribution in [3.8, 4) is 5.75 Å². The van der Waals surface area contributed by atoms with Crippen molar-refractivity contribution in [3.63, 3.8) is 0 Å². The second-order valence-electron chi connectivity index (χ2n) is 7.74. The summed E-state index contributed by atoms with van der Waals surface area (Å²) in [6.45, 7) is 11.0. The summed E-state index contributed by atoms with van der Waals surface area (Å²) in [6, 6.07) is 7.21. The second-order valence-corrected chi connectivity index (χ2v) is 7.74. The van der Waals surface area contributed by atoms with Gasteiger partial charge in [0.2, 0.25) is 11.8 Å². The van der Waals surface area contributed by atoms with Crippen molar-refractivity contribution in [3.05, 3.63) is 24.3 Å². The van der Waals surface area contributed by atoms with Gasteiger partial charge >= 0.3 is 0 Å². The Labute approximate surface area is 150 Å². The molecule has 0 aliphatic carbocycles. The summed E-state index contributed by atoms with van der Waals surface area (Å²) in [5.74, 6) is 1.02. The van der Waals surface area contributed by atoms with E-state index in [1.807, 2.05) is 30.9 Å². The van der Waals surface area contributed by atoms with Crippen LogP contribution in [0.1, 0.15) is 47.5 Å². The molecule has 0 saturated carbocycles. The highest BCUT2D eigenvalue weighted by Crippen LogP contribution is 2.26. The fourth-order valence-corrected chi connectivity index (χ4v) is 2.88. The van der Waals surface area contributed by atoms with Crippen molar-refractivity contribution in [2.24, 2.45) is 11.3 Å². The summed E-state index contributed by atoms with van der Waals surface area (Å²) in [6.07, 6.45) is 2.10. The quantitative estimate of drug-likeness (QED) is 0.827. The second kappa shape index (κ2) is 7.89. The zero-order valence-electron chi connectivity index (χ0n) is 16.0. The van der Waals surface area contributed by atoms with Crippen LogP contribution in [0.15, 0.2) is 24.3 Å².